The van der Waals surface area contributed by atoms with Crippen LogP contribution in [0.2, 0.25) is 0 Å². The molecule has 0 saturated carbocycles. The van der Waals surface area contributed by atoms with E-state index in [-0.39, 0.29) is 24.6 Å². The highest BCUT2D eigenvalue weighted by Crippen LogP contribution is 1.95. The molecule has 2 aromatic rings. The zero-order valence-corrected chi connectivity index (χ0v) is 10.6. The molecule has 0 N–H and O–H groups in total. The van der Waals surface area contributed by atoms with E-state index in [0.29, 0.717) is 0 Å². The van der Waals surface area contributed by atoms with Crippen LogP contribution >= 0.6 is 0 Å². The summed E-state index contributed by atoms with van der Waals surface area (Å²) >= 11 is 0. The van der Waals surface area contributed by atoms with Crippen molar-refractivity contribution in [3.63, 3.8) is 0 Å². The van der Waals surface area contributed by atoms with E-state index in [4.69, 9.17) is 0 Å². The van der Waals surface area contributed by atoms with E-state index in [9.17, 15) is 19.8 Å². The van der Waals surface area contributed by atoms with Crippen LogP contribution in [0.5, 0.6) is 0 Å². The lowest BCUT2D eigenvalue weighted by Gasteiger charge is -1.97. The molecule has 0 atom stereocenters. The van der Waals surface area contributed by atoms with Crippen molar-refractivity contribution in [2.75, 3.05) is 0 Å². The van der Waals surface area contributed by atoms with Crippen molar-refractivity contribution in [1.82, 2.24) is 0 Å². The van der Waals surface area contributed by atoms with Gasteiger partial charge in [-0.2, -0.15) is 0 Å². The largest absolute Gasteiger partial charge is 2.00 e. The Hall–Kier alpha value is -2.27. The second kappa shape index (κ2) is 8.77. The zero-order valence-electron chi connectivity index (χ0n) is 9.81. The fraction of sp³-hybridized carbons (Fsp3) is 0. The van der Waals surface area contributed by atoms with E-state index in [1.54, 1.807) is 36.4 Å². The van der Waals surface area contributed by atoms with Crippen LogP contribution in [0.25, 0.3) is 0 Å². The number of carbonyl (C=O) groups excluding carboxylic acids is 2. The third kappa shape index (κ3) is 6.28. The quantitative estimate of drug-likeness (QED) is 0.777. The van der Waals surface area contributed by atoms with Crippen LogP contribution in [0.4, 0.5) is 0 Å². The van der Waals surface area contributed by atoms with Gasteiger partial charge in [0, 0.05) is 0 Å². The molecule has 0 aromatic heterocycles. The fourth-order valence-electron chi connectivity index (χ4n) is 1.15. The van der Waals surface area contributed by atoms with Crippen molar-refractivity contribution >= 4 is 25.4 Å². The van der Waals surface area contributed by atoms with Crippen molar-refractivity contribution in [2.45, 2.75) is 0 Å². The Bertz CT molecular complexity index is 462. The number of carbonyl (C=O) groups is 2. The fourth-order valence-corrected chi connectivity index (χ4v) is 1.15. The maximum atomic E-state index is 10.1. The van der Waals surface area contributed by atoms with Crippen LogP contribution in [0.1, 0.15) is 20.7 Å². The van der Waals surface area contributed by atoms with Gasteiger partial charge in [0.25, 0.3) is 0 Å². The summed E-state index contributed by atoms with van der Waals surface area (Å²) < 4.78 is 0. The molecule has 5 heteroatoms. The molecule has 0 aliphatic rings. The molecular weight excluding hydrogens is 264 g/mol. The van der Waals surface area contributed by atoms with Gasteiger partial charge in [-0.05, 0) is 11.1 Å². The van der Waals surface area contributed by atoms with E-state index in [0.717, 1.165) is 0 Å². The minimum absolute atomic E-state index is 0. The van der Waals surface area contributed by atoms with Gasteiger partial charge in [-0.3, -0.25) is 0 Å². The topological polar surface area (TPSA) is 80.3 Å². The summed E-state index contributed by atoms with van der Waals surface area (Å²) in [5.74, 6) is -2.26. The lowest BCUT2D eigenvalue weighted by atomic mass is 10.2. The predicted octanol–water partition coefficient (Wildman–Crippen LogP) is 0.0978. The first-order valence-electron chi connectivity index (χ1n) is 5.14. The maximum absolute atomic E-state index is 10.1. The van der Waals surface area contributed by atoms with E-state index in [1.165, 1.54) is 24.3 Å². The molecule has 19 heavy (non-hydrogen) atoms. The molecule has 96 valence electrons. The molecule has 0 fully saturated rings. The van der Waals surface area contributed by atoms with Gasteiger partial charge in [0.15, 0.2) is 0 Å². The maximum Gasteiger partial charge on any atom is 2.00 e. The molecular formula is C14H10O4S. The Balaban J connectivity index is 0.000000324. The normalized spacial score (nSPS) is 8.42. The molecule has 0 spiro atoms. The molecule has 0 amide bonds. The van der Waals surface area contributed by atoms with Crippen LogP contribution in [0, 0.1) is 0 Å². The molecule has 2 aromatic carbocycles. The monoisotopic (exact) mass is 274 g/mol. The van der Waals surface area contributed by atoms with Crippen molar-refractivity contribution in [3.05, 3.63) is 71.8 Å². The van der Waals surface area contributed by atoms with E-state index < -0.39 is 11.9 Å². The Morgan fingerprint density at radius 1 is 0.632 bits per heavy atom. The lowest BCUT2D eigenvalue weighted by molar-refractivity contribution is -0.256. The number of hydrogen-bond donors (Lipinski definition) is 0. The van der Waals surface area contributed by atoms with Gasteiger partial charge >= 0.3 is 13.5 Å². The zero-order chi connectivity index (χ0) is 13.4. The van der Waals surface area contributed by atoms with Crippen molar-refractivity contribution in [3.8, 4) is 0 Å². The van der Waals surface area contributed by atoms with Crippen LogP contribution in [-0.2, 0) is 13.5 Å². The van der Waals surface area contributed by atoms with E-state index in [1.807, 2.05) is 0 Å². The molecule has 0 unspecified atom stereocenters. The predicted molar refractivity (Wildman–Crippen MR) is 68.9 cm³/mol. The van der Waals surface area contributed by atoms with E-state index in [2.05, 4.69) is 0 Å². The number of rotatable bonds is 2. The number of hydrogen-bond acceptors (Lipinski definition) is 4. The summed E-state index contributed by atoms with van der Waals surface area (Å²) in [6.45, 7) is 0. The van der Waals surface area contributed by atoms with Crippen LogP contribution < -0.4 is 10.2 Å². The number of carboxylic acids is 2. The van der Waals surface area contributed by atoms with Gasteiger partial charge in [-0.1, -0.05) is 60.7 Å². The first kappa shape index (κ1) is 16.7. The second-order valence-corrected chi connectivity index (χ2v) is 3.31. The van der Waals surface area contributed by atoms with Crippen LogP contribution in [0.15, 0.2) is 60.7 Å². The number of aromatic carboxylic acids is 2. The summed E-state index contributed by atoms with van der Waals surface area (Å²) in [4.78, 5) is 20.2. The highest BCUT2D eigenvalue weighted by Gasteiger charge is 2.00. The third-order valence-electron chi connectivity index (χ3n) is 2.02. The van der Waals surface area contributed by atoms with E-state index >= 15 is 0 Å². The Morgan fingerprint density at radius 3 is 1.05 bits per heavy atom. The van der Waals surface area contributed by atoms with Gasteiger partial charge < -0.3 is 19.8 Å². The average Bonchev–Trinajstić information content (AvgIpc) is 2.41. The summed E-state index contributed by atoms with van der Waals surface area (Å²) in [6.07, 6.45) is 0. The SMILES string of the molecule is O=C([O-])c1ccccc1.O=C([O-])c1ccccc1.[S+2]. The second-order valence-electron chi connectivity index (χ2n) is 3.31. The van der Waals surface area contributed by atoms with Crippen LogP contribution in [0.3, 0.4) is 0 Å². The highest BCUT2D eigenvalue weighted by atomic mass is 32.1. The minimum atomic E-state index is -1.13. The standard InChI is InChI=1S/2C7H6O2.S/c2*8-7(9)6-4-2-1-3-5-6;/h2*1-5H,(H,8,9);/q;;+2/p-2. The molecule has 0 saturated heterocycles. The minimum Gasteiger partial charge on any atom is -0.545 e. The number of carboxylic acid groups (broad SMARTS) is 2. The average molecular weight is 274 g/mol. The van der Waals surface area contributed by atoms with Gasteiger partial charge in [0.1, 0.15) is 0 Å². The molecule has 0 heterocycles. The Labute approximate surface area is 117 Å². The van der Waals surface area contributed by atoms with Crippen molar-refractivity contribution < 1.29 is 19.8 Å². The Kier molecular flexibility index (Phi) is 7.72. The lowest BCUT2D eigenvalue weighted by Crippen LogP contribution is -2.21. The molecule has 4 nitrogen and oxygen atoms in total. The van der Waals surface area contributed by atoms with Crippen molar-refractivity contribution in [1.29, 1.82) is 0 Å². The highest BCUT2D eigenvalue weighted by molar-refractivity contribution is 7.37. The first-order valence-corrected chi connectivity index (χ1v) is 5.14. The van der Waals surface area contributed by atoms with Gasteiger partial charge in [0.2, 0.25) is 0 Å². The Morgan fingerprint density at radius 2 is 0.895 bits per heavy atom. The summed E-state index contributed by atoms with van der Waals surface area (Å²) in [5.41, 5.74) is 0.440. The molecule has 0 bridgehead atoms. The van der Waals surface area contributed by atoms with Crippen molar-refractivity contribution in [2.24, 2.45) is 0 Å². The summed E-state index contributed by atoms with van der Waals surface area (Å²) in [5, 5.41) is 20.2. The van der Waals surface area contributed by atoms with Crippen LogP contribution in [-0.4, -0.2) is 11.9 Å². The molecule has 0 aliphatic heterocycles. The molecule has 2 rings (SSSR count). The molecule has 4 radical (unpaired) electrons. The third-order valence-corrected chi connectivity index (χ3v) is 2.02. The van der Waals surface area contributed by atoms with Gasteiger partial charge in [0.05, 0.1) is 11.9 Å². The van der Waals surface area contributed by atoms with Gasteiger partial charge in [-0.15, -0.1) is 0 Å². The molecule has 0 aliphatic carbocycles. The first-order chi connectivity index (χ1) is 8.61. The van der Waals surface area contributed by atoms with Gasteiger partial charge in [-0.25, -0.2) is 0 Å². The smallest absolute Gasteiger partial charge is 0.545 e. The number of benzene rings is 2. The summed E-state index contributed by atoms with van der Waals surface area (Å²) in [7, 11) is 0. The summed E-state index contributed by atoms with van der Waals surface area (Å²) in [6, 6.07) is 16.1.